The zero-order valence-electron chi connectivity index (χ0n) is 12.5. The summed E-state index contributed by atoms with van der Waals surface area (Å²) < 4.78 is 1.49. The highest BCUT2D eigenvalue weighted by Crippen LogP contribution is 2.38. The Morgan fingerprint density at radius 1 is 1.67 bits per heavy atom. The van der Waals surface area contributed by atoms with Crippen molar-refractivity contribution in [3.05, 3.63) is 10.5 Å². The number of hydrogen-bond acceptors (Lipinski definition) is 5. The molecule has 0 aromatic carbocycles. The lowest BCUT2D eigenvalue weighted by atomic mass is 9.84. The number of thioether (sulfide) groups is 1. The lowest BCUT2D eigenvalue weighted by Gasteiger charge is -2.33. The number of aromatic nitrogens is 3. The van der Waals surface area contributed by atoms with Gasteiger partial charge in [-0.05, 0) is 31.7 Å². The molecule has 0 spiro atoms. The van der Waals surface area contributed by atoms with Crippen LogP contribution in [0.1, 0.15) is 32.6 Å². The summed E-state index contributed by atoms with van der Waals surface area (Å²) in [4.78, 5) is 23.2. The minimum absolute atomic E-state index is 0.211. The van der Waals surface area contributed by atoms with E-state index in [2.05, 4.69) is 15.5 Å². The van der Waals surface area contributed by atoms with E-state index >= 15 is 0 Å². The van der Waals surface area contributed by atoms with E-state index in [1.807, 2.05) is 6.92 Å². The summed E-state index contributed by atoms with van der Waals surface area (Å²) in [6, 6.07) is 0. The number of nitrogens with two attached hydrogens (primary N) is 1. The summed E-state index contributed by atoms with van der Waals surface area (Å²) >= 11 is 1.53. The molecule has 2 rings (SSSR count). The van der Waals surface area contributed by atoms with E-state index < -0.39 is 5.54 Å². The van der Waals surface area contributed by atoms with Gasteiger partial charge in [0.05, 0.1) is 0 Å². The standard InChI is InChI=1S/C13H23N5O2S/c1-3-15-13(10(14)19)7-4-5-9(13)6-8-21-12-17-16-11(20)18(12)2/h9,15H,3-8H2,1-2H3,(H2,14,19)(H,16,20). The van der Waals surface area contributed by atoms with E-state index in [0.29, 0.717) is 5.16 Å². The van der Waals surface area contributed by atoms with Gasteiger partial charge >= 0.3 is 5.69 Å². The topological polar surface area (TPSA) is 106 Å². The minimum atomic E-state index is -0.563. The number of aromatic amines is 1. The van der Waals surface area contributed by atoms with Gasteiger partial charge in [-0.2, -0.15) is 0 Å². The van der Waals surface area contributed by atoms with Gasteiger partial charge in [0, 0.05) is 12.8 Å². The molecule has 1 aliphatic rings. The summed E-state index contributed by atoms with van der Waals surface area (Å²) in [5.74, 6) is 0.811. The predicted molar refractivity (Wildman–Crippen MR) is 82.1 cm³/mol. The summed E-state index contributed by atoms with van der Waals surface area (Å²) in [5.41, 5.74) is 4.88. The molecule has 4 N–H and O–H groups in total. The van der Waals surface area contributed by atoms with Crippen molar-refractivity contribution in [3.8, 4) is 0 Å². The molecule has 0 aliphatic heterocycles. The first-order chi connectivity index (χ1) is 10.0. The maximum Gasteiger partial charge on any atom is 0.343 e. The first kappa shape index (κ1) is 16.1. The van der Waals surface area contributed by atoms with Crippen molar-refractivity contribution in [1.82, 2.24) is 20.1 Å². The van der Waals surface area contributed by atoms with Gasteiger partial charge in [0.15, 0.2) is 5.16 Å². The maximum absolute atomic E-state index is 11.9. The van der Waals surface area contributed by atoms with E-state index in [4.69, 9.17) is 5.73 Å². The van der Waals surface area contributed by atoms with E-state index in [1.54, 1.807) is 7.05 Å². The van der Waals surface area contributed by atoms with Crippen molar-refractivity contribution >= 4 is 17.7 Å². The summed E-state index contributed by atoms with van der Waals surface area (Å²) in [5, 5.41) is 10.4. The van der Waals surface area contributed by atoms with Crippen LogP contribution in [0.5, 0.6) is 0 Å². The van der Waals surface area contributed by atoms with Crippen LogP contribution in [0, 0.1) is 5.92 Å². The normalized spacial score (nSPS) is 25.3. The quantitative estimate of drug-likeness (QED) is 0.625. The first-order valence-corrected chi connectivity index (χ1v) is 8.29. The van der Waals surface area contributed by atoms with Crippen molar-refractivity contribution in [2.24, 2.45) is 18.7 Å². The van der Waals surface area contributed by atoms with Gasteiger partial charge in [0.25, 0.3) is 0 Å². The molecule has 2 atom stereocenters. The predicted octanol–water partition coefficient (Wildman–Crippen LogP) is 0.224. The van der Waals surface area contributed by atoms with Gasteiger partial charge in [-0.1, -0.05) is 25.1 Å². The second-order valence-corrected chi connectivity index (χ2v) is 6.52. The fourth-order valence-corrected chi connectivity index (χ4v) is 4.15. The lowest BCUT2D eigenvalue weighted by molar-refractivity contribution is -0.125. The molecule has 21 heavy (non-hydrogen) atoms. The fourth-order valence-electron chi connectivity index (χ4n) is 3.18. The second-order valence-electron chi connectivity index (χ2n) is 5.46. The molecule has 8 heteroatoms. The van der Waals surface area contributed by atoms with Gasteiger partial charge in [-0.15, -0.1) is 5.10 Å². The Morgan fingerprint density at radius 2 is 2.43 bits per heavy atom. The van der Waals surface area contributed by atoms with Crippen LogP contribution >= 0.6 is 11.8 Å². The smallest absolute Gasteiger partial charge is 0.343 e. The molecule has 0 bridgehead atoms. The number of hydrogen-bond donors (Lipinski definition) is 3. The number of H-pyrrole nitrogens is 1. The van der Waals surface area contributed by atoms with Crippen LogP contribution < -0.4 is 16.7 Å². The SMILES string of the molecule is CCNC1(C(N)=O)CCCC1CCSc1n[nH]c(=O)n1C. The third-order valence-electron chi connectivity index (χ3n) is 4.29. The van der Waals surface area contributed by atoms with Gasteiger partial charge < -0.3 is 11.1 Å². The molecule has 1 heterocycles. The molecular weight excluding hydrogens is 290 g/mol. The highest BCUT2D eigenvalue weighted by molar-refractivity contribution is 7.99. The molecule has 1 amide bonds. The Balaban J connectivity index is 1.97. The molecule has 0 radical (unpaired) electrons. The minimum Gasteiger partial charge on any atom is -0.368 e. The number of primary amides is 1. The number of nitrogens with zero attached hydrogens (tertiary/aromatic N) is 2. The number of rotatable bonds is 7. The second kappa shape index (κ2) is 6.65. The highest BCUT2D eigenvalue weighted by Gasteiger charge is 2.46. The van der Waals surface area contributed by atoms with Crippen LogP contribution in [0.3, 0.4) is 0 Å². The van der Waals surface area contributed by atoms with Crippen LogP contribution in [0.15, 0.2) is 9.95 Å². The first-order valence-electron chi connectivity index (χ1n) is 7.30. The Kier molecular flexibility index (Phi) is 5.10. The summed E-state index contributed by atoms with van der Waals surface area (Å²) in [7, 11) is 1.69. The Morgan fingerprint density at radius 3 is 3.00 bits per heavy atom. The molecule has 1 aliphatic carbocycles. The molecule has 1 aromatic heterocycles. The van der Waals surface area contributed by atoms with Crippen molar-refractivity contribution < 1.29 is 4.79 Å². The summed E-state index contributed by atoms with van der Waals surface area (Å²) in [6.07, 6.45) is 3.72. The average Bonchev–Trinajstić information content (AvgIpc) is 2.99. The third kappa shape index (κ3) is 3.16. The summed E-state index contributed by atoms with van der Waals surface area (Å²) in [6.45, 7) is 2.73. The molecule has 2 unspecified atom stereocenters. The van der Waals surface area contributed by atoms with Crippen molar-refractivity contribution in [2.75, 3.05) is 12.3 Å². The zero-order valence-corrected chi connectivity index (χ0v) is 13.3. The monoisotopic (exact) mass is 313 g/mol. The number of nitrogens with one attached hydrogen (secondary N) is 2. The van der Waals surface area contributed by atoms with Gasteiger partial charge in [0.1, 0.15) is 5.54 Å². The molecule has 7 nitrogen and oxygen atoms in total. The fraction of sp³-hybridized carbons (Fsp3) is 0.769. The maximum atomic E-state index is 11.9. The van der Waals surface area contributed by atoms with Crippen molar-refractivity contribution in [3.63, 3.8) is 0 Å². The Bertz CT molecular complexity index is 555. The highest BCUT2D eigenvalue weighted by atomic mass is 32.2. The van der Waals surface area contributed by atoms with Crippen molar-refractivity contribution in [2.45, 2.75) is 43.3 Å². The molecule has 0 saturated heterocycles. The average molecular weight is 313 g/mol. The van der Waals surface area contributed by atoms with Crippen LogP contribution in [0.4, 0.5) is 0 Å². The molecule has 1 aromatic rings. The Labute approximate surface area is 128 Å². The number of amides is 1. The number of likely N-dealkylation sites (N-methyl/N-ethyl adjacent to an activating group) is 1. The van der Waals surface area contributed by atoms with E-state index in [-0.39, 0.29) is 17.5 Å². The lowest BCUT2D eigenvalue weighted by Crippen LogP contribution is -2.57. The molecular formula is C13H23N5O2S. The van der Waals surface area contributed by atoms with Gasteiger partial charge in [-0.25, -0.2) is 9.89 Å². The van der Waals surface area contributed by atoms with Crippen LogP contribution in [0.2, 0.25) is 0 Å². The van der Waals surface area contributed by atoms with Crippen LogP contribution in [-0.4, -0.2) is 38.5 Å². The zero-order chi connectivity index (χ0) is 15.5. The molecule has 118 valence electrons. The van der Waals surface area contributed by atoms with Gasteiger partial charge in [-0.3, -0.25) is 9.36 Å². The van der Waals surface area contributed by atoms with Crippen LogP contribution in [-0.2, 0) is 11.8 Å². The number of carbonyl (C=O) groups is 1. The van der Waals surface area contributed by atoms with E-state index in [0.717, 1.165) is 38.0 Å². The number of carbonyl (C=O) groups excluding carboxylic acids is 1. The van der Waals surface area contributed by atoms with Gasteiger partial charge in [0.2, 0.25) is 5.91 Å². The largest absolute Gasteiger partial charge is 0.368 e. The third-order valence-corrected chi connectivity index (χ3v) is 5.35. The Hall–Kier alpha value is -1.28. The van der Waals surface area contributed by atoms with Crippen LogP contribution in [0.25, 0.3) is 0 Å². The van der Waals surface area contributed by atoms with E-state index in [1.165, 1.54) is 16.3 Å². The molecule has 1 saturated carbocycles. The van der Waals surface area contributed by atoms with Crippen molar-refractivity contribution in [1.29, 1.82) is 0 Å². The molecule has 1 fully saturated rings. The van der Waals surface area contributed by atoms with E-state index in [9.17, 15) is 9.59 Å².